The molecule has 0 aliphatic carbocycles. The first-order valence-electron chi connectivity index (χ1n) is 10.8. The highest BCUT2D eigenvalue weighted by Crippen LogP contribution is 2.32. The predicted octanol–water partition coefficient (Wildman–Crippen LogP) is 4.42. The number of ether oxygens (including phenoxy) is 1. The molecule has 5 rings (SSSR count). The normalized spacial score (nSPS) is 16.2. The van der Waals surface area contributed by atoms with Gasteiger partial charge in [-0.25, -0.2) is 9.55 Å². The summed E-state index contributed by atoms with van der Waals surface area (Å²) in [5, 5.41) is 0. The number of anilines is 1. The summed E-state index contributed by atoms with van der Waals surface area (Å²) in [4.78, 5) is 18.4. The van der Waals surface area contributed by atoms with Crippen molar-refractivity contribution in [3.05, 3.63) is 90.3 Å². The lowest BCUT2D eigenvalue weighted by Gasteiger charge is -2.16. The number of amides is 1. The number of nitrogens with zero attached hydrogens (tertiary/aromatic N) is 2. The molecule has 5 heteroatoms. The van der Waals surface area contributed by atoms with E-state index in [2.05, 4.69) is 52.0 Å². The average molecular weight is 413 g/mol. The maximum Gasteiger partial charge on any atom is 0.260 e. The van der Waals surface area contributed by atoms with Crippen molar-refractivity contribution in [1.29, 1.82) is 0 Å². The maximum atomic E-state index is 12.9. The average Bonchev–Trinajstić information content (AvgIpc) is 3.36. The standard InChI is InChI=1S/C26H25N3O2/c1-2-31-22-14-12-21(13-15-22)28-18-20(16-25(28)30)26-27-23-10-6-7-11-24(23)29(26)17-19-8-4-3-5-9-19/h3-15,20H,2,16-18H2,1H3/p+1. The van der Waals surface area contributed by atoms with Crippen LogP contribution in [-0.4, -0.2) is 24.0 Å². The van der Waals surface area contributed by atoms with Gasteiger partial charge in [0.2, 0.25) is 5.91 Å². The van der Waals surface area contributed by atoms with Crippen molar-refractivity contribution in [1.82, 2.24) is 4.98 Å². The number of imidazole rings is 1. The predicted molar refractivity (Wildman–Crippen MR) is 121 cm³/mol. The van der Waals surface area contributed by atoms with Gasteiger partial charge in [-0.3, -0.25) is 4.79 Å². The van der Waals surface area contributed by atoms with Crippen LogP contribution in [0.3, 0.4) is 0 Å². The van der Waals surface area contributed by atoms with Gasteiger partial charge in [0.15, 0.2) is 11.0 Å². The molecule has 1 atom stereocenters. The number of hydrogen-bond donors (Lipinski definition) is 1. The zero-order valence-electron chi connectivity index (χ0n) is 17.6. The van der Waals surface area contributed by atoms with Crippen molar-refractivity contribution in [2.24, 2.45) is 0 Å². The Labute approximate surface area is 181 Å². The summed E-state index contributed by atoms with van der Waals surface area (Å²) in [6.07, 6.45) is 0.495. The first kappa shape index (κ1) is 19.4. The van der Waals surface area contributed by atoms with Crippen LogP contribution >= 0.6 is 0 Å². The molecule has 0 radical (unpaired) electrons. The number of carbonyl (C=O) groups is 1. The Balaban J connectivity index is 1.47. The lowest BCUT2D eigenvalue weighted by atomic mass is 10.1. The number of rotatable bonds is 6. The van der Waals surface area contributed by atoms with E-state index in [9.17, 15) is 4.79 Å². The van der Waals surface area contributed by atoms with Crippen molar-refractivity contribution >= 4 is 22.6 Å². The van der Waals surface area contributed by atoms with E-state index in [-0.39, 0.29) is 11.8 Å². The molecule has 156 valence electrons. The van der Waals surface area contributed by atoms with E-state index in [0.717, 1.165) is 34.8 Å². The van der Waals surface area contributed by atoms with Crippen LogP contribution in [0, 0.1) is 0 Å². The molecule has 3 aromatic carbocycles. The van der Waals surface area contributed by atoms with E-state index in [1.807, 2.05) is 48.2 Å². The highest BCUT2D eigenvalue weighted by Gasteiger charge is 2.38. The van der Waals surface area contributed by atoms with Gasteiger partial charge in [0.05, 0.1) is 12.5 Å². The highest BCUT2D eigenvalue weighted by molar-refractivity contribution is 5.96. The Kier molecular flexibility index (Phi) is 5.16. The second-order valence-electron chi connectivity index (χ2n) is 7.93. The number of hydrogen-bond acceptors (Lipinski definition) is 2. The summed E-state index contributed by atoms with van der Waals surface area (Å²) in [5.41, 5.74) is 4.42. The number of carbonyl (C=O) groups excluding carboxylic acids is 1. The van der Waals surface area contributed by atoms with Crippen molar-refractivity contribution in [2.45, 2.75) is 25.8 Å². The molecule has 1 aliphatic heterocycles. The van der Waals surface area contributed by atoms with Gasteiger partial charge >= 0.3 is 0 Å². The quantitative estimate of drug-likeness (QED) is 0.477. The highest BCUT2D eigenvalue weighted by atomic mass is 16.5. The van der Waals surface area contributed by atoms with Crippen LogP contribution in [0.4, 0.5) is 5.69 Å². The number of para-hydroxylation sites is 2. The molecule has 1 unspecified atom stereocenters. The fraction of sp³-hybridized carbons (Fsp3) is 0.231. The van der Waals surface area contributed by atoms with Gasteiger partial charge in [-0.2, -0.15) is 0 Å². The molecule has 0 bridgehead atoms. The minimum Gasteiger partial charge on any atom is -0.494 e. The molecular weight excluding hydrogens is 386 g/mol. The summed E-state index contributed by atoms with van der Waals surface area (Å²) < 4.78 is 7.86. The van der Waals surface area contributed by atoms with Crippen LogP contribution in [0.2, 0.25) is 0 Å². The van der Waals surface area contributed by atoms with Crippen LogP contribution in [0.1, 0.15) is 30.7 Å². The van der Waals surface area contributed by atoms with Gasteiger partial charge in [-0.1, -0.05) is 42.5 Å². The van der Waals surface area contributed by atoms with Crippen LogP contribution in [-0.2, 0) is 11.3 Å². The molecule has 0 spiro atoms. The van der Waals surface area contributed by atoms with Crippen LogP contribution < -0.4 is 14.2 Å². The third kappa shape index (κ3) is 3.79. The number of H-pyrrole nitrogens is 1. The summed E-state index contributed by atoms with van der Waals surface area (Å²) in [7, 11) is 0. The van der Waals surface area contributed by atoms with E-state index < -0.39 is 0 Å². The van der Waals surface area contributed by atoms with Gasteiger partial charge < -0.3 is 9.64 Å². The van der Waals surface area contributed by atoms with Crippen LogP contribution in [0.25, 0.3) is 11.0 Å². The third-order valence-electron chi connectivity index (χ3n) is 5.90. The zero-order chi connectivity index (χ0) is 21.2. The molecule has 31 heavy (non-hydrogen) atoms. The van der Waals surface area contributed by atoms with Crippen molar-refractivity contribution < 1.29 is 14.1 Å². The fourth-order valence-electron chi connectivity index (χ4n) is 4.44. The zero-order valence-corrected chi connectivity index (χ0v) is 17.6. The van der Waals surface area contributed by atoms with Crippen LogP contribution in [0.15, 0.2) is 78.9 Å². The molecule has 1 saturated heterocycles. The van der Waals surface area contributed by atoms with Gasteiger partial charge in [0, 0.05) is 18.7 Å². The summed E-state index contributed by atoms with van der Waals surface area (Å²) in [6, 6.07) is 26.6. The second-order valence-corrected chi connectivity index (χ2v) is 7.93. The van der Waals surface area contributed by atoms with Crippen molar-refractivity contribution in [3.63, 3.8) is 0 Å². The lowest BCUT2D eigenvalue weighted by molar-refractivity contribution is -0.671. The molecule has 1 fully saturated rings. The topological polar surface area (TPSA) is 49.2 Å². The number of nitrogens with one attached hydrogen (secondary N) is 1. The molecule has 0 saturated carbocycles. The van der Waals surface area contributed by atoms with Crippen molar-refractivity contribution in [3.8, 4) is 5.75 Å². The van der Waals surface area contributed by atoms with Gasteiger partial charge in [-0.15, -0.1) is 0 Å². The van der Waals surface area contributed by atoms with Crippen molar-refractivity contribution in [2.75, 3.05) is 18.1 Å². The Morgan fingerprint density at radius 2 is 1.74 bits per heavy atom. The number of fused-ring (bicyclic) bond motifs is 1. The number of aromatic nitrogens is 2. The second kappa shape index (κ2) is 8.26. The fourth-order valence-corrected chi connectivity index (χ4v) is 4.44. The Morgan fingerprint density at radius 1 is 1.00 bits per heavy atom. The molecular formula is C26H26N3O2+. The minimum atomic E-state index is 0.107. The van der Waals surface area contributed by atoms with E-state index >= 15 is 0 Å². The van der Waals surface area contributed by atoms with E-state index in [0.29, 0.717) is 19.6 Å². The minimum absolute atomic E-state index is 0.107. The first-order chi connectivity index (χ1) is 15.2. The Morgan fingerprint density at radius 3 is 2.52 bits per heavy atom. The Hall–Kier alpha value is -3.60. The summed E-state index contributed by atoms with van der Waals surface area (Å²) in [5.74, 6) is 2.19. The Bertz CT molecular complexity index is 1200. The molecule has 4 aromatic rings. The van der Waals surface area contributed by atoms with Gasteiger partial charge in [0.1, 0.15) is 12.3 Å². The summed E-state index contributed by atoms with van der Waals surface area (Å²) >= 11 is 0. The maximum absolute atomic E-state index is 12.9. The largest absolute Gasteiger partial charge is 0.494 e. The lowest BCUT2D eigenvalue weighted by Crippen LogP contribution is -2.39. The SMILES string of the molecule is CCOc1ccc(N2CC(c3[nH]c4ccccc4[n+]3Cc3ccccc3)CC2=O)cc1. The summed E-state index contributed by atoms with van der Waals surface area (Å²) in [6.45, 7) is 4.03. The smallest absolute Gasteiger partial charge is 0.260 e. The monoisotopic (exact) mass is 412 g/mol. The van der Waals surface area contributed by atoms with Gasteiger partial charge in [-0.05, 0) is 48.9 Å². The number of benzene rings is 3. The molecule has 1 aromatic heterocycles. The van der Waals surface area contributed by atoms with E-state index in [1.165, 1.54) is 5.56 Å². The molecule has 5 nitrogen and oxygen atoms in total. The van der Waals surface area contributed by atoms with Crippen LogP contribution in [0.5, 0.6) is 5.75 Å². The molecule has 1 amide bonds. The molecule has 2 heterocycles. The van der Waals surface area contributed by atoms with E-state index in [1.54, 1.807) is 0 Å². The molecule has 1 N–H and O–H groups in total. The number of aromatic amines is 1. The third-order valence-corrected chi connectivity index (χ3v) is 5.90. The molecule has 1 aliphatic rings. The van der Waals surface area contributed by atoms with Gasteiger partial charge in [0.25, 0.3) is 5.82 Å². The first-order valence-corrected chi connectivity index (χ1v) is 10.8. The van der Waals surface area contributed by atoms with E-state index in [4.69, 9.17) is 4.74 Å².